The number of ether oxygens (including phenoxy) is 1. The fourth-order valence-corrected chi connectivity index (χ4v) is 3.27. The average molecular weight is 399 g/mol. The fourth-order valence-electron chi connectivity index (χ4n) is 3.27. The van der Waals surface area contributed by atoms with Gasteiger partial charge in [-0.3, -0.25) is 14.5 Å². The van der Waals surface area contributed by atoms with Gasteiger partial charge in [0.2, 0.25) is 5.91 Å². The maximum Gasteiger partial charge on any atom is 0.263 e. The third kappa shape index (κ3) is 6.02. The molecule has 2 aromatic carbocycles. The van der Waals surface area contributed by atoms with E-state index in [0.717, 1.165) is 0 Å². The molecule has 2 amide bonds. The summed E-state index contributed by atoms with van der Waals surface area (Å²) in [5, 5.41) is 2.70. The number of hydrogen-bond acceptors (Lipinski definition) is 4. The molecule has 1 heterocycles. The molecule has 1 atom stereocenters. The van der Waals surface area contributed by atoms with E-state index in [2.05, 4.69) is 5.32 Å². The zero-order valence-electron chi connectivity index (χ0n) is 16.5. The Kier molecular flexibility index (Phi) is 7.19. The number of piperazine rings is 1. The van der Waals surface area contributed by atoms with Crippen molar-refractivity contribution in [2.45, 2.75) is 19.4 Å². The van der Waals surface area contributed by atoms with Crippen molar-refractivity contribution in [2.24, 2.45) is 0 Å². The molecule has 0 aromatic heterocycles. The lowest BCUT2D eigenvalue weighted by Gasteiger charge is -2.35. The lowest BCUT2D eigenvalue weighted by molar-refractivity contribution is -0.140. The van der Waals surface area contributed by atoms with E-state index in [0.29, 0.717) is 44.0 Å². The number of rotatable bonds is 7. The van der Waals surface area contributed by atoms with Gasteiger partial charge in [0, 0.05) is 31.9 Å². The van der Waals surface area contributed by atoms with Gasteiger partial charge in [-0.05, 0) is 36.8 Å². The molecule has 1 aliphatic rings. The van der Waals surface area contributed by atoms with Gasteiger partial charge in [-0.25, -0.2) is 4.39 Å². The number of halogens is 1. The van der Waals surface area contributed by atoms with E-state index in [1.54, 1.807) is 17.0 Å². The van der Waals surface area contributed by atoms with E-state index >= 15 is 0 Å². The molecule has 0 unspecified atom stereocenters. The molecule has 0 aliphatic carbocycles. The maximum atomic E-state index is 13.2. The number of nitrogens with zero attached hydrogens (tertiary/aromatic N) is 2. The monoisotopic (exact) mass is 399 g/mol. The first kappa shape index (κ1) is 20.8. The number of benzene rings is 2. The van der Waals surface area contributed by atoms with Gasteiger partial charge in [-0.1, -0.05) is 31.2 Å². The van der Waals surface area contributed by atoms with Crippen molar-refractivity contribution >= 4 is 17.5 Å². The molecule has 1 saturated heterocycles. The normalized spacial score (nSPS) is 15.6. The Hall–Kier alpha value is -2.93. The molecule has 0 radical (unpaired) electrons. The molecule has 3 rings (SSSR count). The quantitative estimate of drug-likeness (QED) is 0.778. The van der Waals surface area contributed by atoms with Gasteiger partial charge < -0.3 is 15.0 Å². The molecule has 1 aliphatic heterocycles. The minimum absolute atomic E-state index is 0.0276. The first-order valence-corrected chi connectivity index (χ1v) is 9.83. The van der Waals surface area contributed by atoms with Crippen molar-refractivity contribution in [3.63, 3.8) is 0 Å². The van der Waals surface area contributed by atoms with E-state index in [1.807, 2.05) is 42.2 Å². The maximum absolute atomic E-state index is 13.2. The first-order chi connectivity index (χ1) is 14.0. The summed E-state index contributed by atoms with van der Waals surface area (Å²) < 4.78 is 19.1. The van der Waals surface area contributed by atoms with Gasteiger partial charge in [0.25, 0.3) is 5.91 Å². The number of amides is 2. The molecule has 2 aromatic rings. The van der Waals surface area contributed by atoms with Gasteiger partial charge in [-0.2, -0.15) is 0 Å². The summed E-state index contributed by atoms with van der Waals surface area (Å²) in [5.74, 6) is 0.0629. The average Bonchev–Trinajstić information content (AvgIpc) is 2.73. The zero-order chi connectivity index (χ0) is 20.6. The minimum atomic E-state index is -0.514. The van der Waals surface area contributed by atoms with Crippen LogP contribution in [-0.2, 0) is 9.59 Å². The highest BCUT2D eigenvalue weighted by Crippen LogP contribution is 2.15. The van der Waals surface area contributed by atoms with Crippen LogP contribution in [0.3, 0.4) is 0 Å². The van der Waals surface area contributed by atoms with Crippen molar-refractivity contribution in [1.29, 1.82) is 0 Å². The van der Waals surface area contributed by atoms with Crippen LogP contribution < -0.4 is 10.1 Å². The first-order valence-electron chi connectivity index (χ1n) is 9.83. The molecule has 1 fully saturated rings. The minimum Gasteiger partial charge on any atom is -0.481 e. The third-order valence-corrected chi connectivity index (χ3v) is 4.83. The summed E-state index contributed by atoms with van der Waals surface area (Å²) in [6.45, 7) is 4.42. The van der Waals surface area contributed by atoms with Gasteiger partial charge >= 0.3 is 0 Å². The predicted octanol–water partition coefficient (Wildman–Crippen LogP) is 2.77. The summed E-state index contributed by atoms with van der Waals surface area (Å²) in [6, 6.07) is 15.1. The van der Waals surface area contributed by atoms with Crippen LogP contribution >= 0.6 is 0 Å². The highest BCUT2D eigenvalue weighted by Gasteiger charge is 2.28. The number of carbonyl (C=O) groups excluding carboxylic acids is 2. The van der Waals surface area contributed by atoms with Crippen LogP contribution in [0, 0.1) is 5.82 Å². The molecular formula is C22H26FN3O3. The standard InChI is InChI=1S/C22H26FN3O3/c1-2-20(29-19-9-4-3-5-10-19)22(28)26-13-11-25(12-14-26)16-21(27)24-18-8-6-7-17(23)15-18/h3-10,15,20H,2,11-14,16H2,1H3,(H,24,27)/t20-/m0/s1. The summed E-state index contributed by atoms with van der Waals surface area (Å²) >= 11 is 0. The van der Waals surface area contributed by atoms with Crippen molar-refractivity contribution in [3.05, 3.63) is 60.4 Å². The Morgan fingerprint density at radius 3 is 2.45 bits per heavy atom. The highest BCUT2D eigenvalue weighted by molar-refractivity contribution is 5.92. The highest BCUT2D eigenvalue weighted by atomic mass is 19.1. The second-order valence-electron chi connectivity index (χ2n) is 6.99. The Morgan fingerprint density at radius 1 is 1.07 bits per heavy atom. The summed E-state index contributed by atoms with van der Waals surface area (Å²) in [7, 11) is 0. The molecular weight excluding hydrogens is 373 g/mol. The molecule has 7 heteroatoms. The lowest BCUT2D eigenvalue weighted by atomic mass is 10.2. The van der Waals surface area contributed by atoms with Crippen LogP contribution in [-0.4, -0.2) is 60.4 Å². The van der Waals surface area contributed by atoms with Crippen LogP contribution in [0.2, 0.25) is 0 Å². The van der Waals surface area contributed by atoms with E-state index in [1.165, 1.54) is 12.1 Å². The number of hydrogen-bond donors (Lipinski definition) is 1. The number of nitrogens with one attached hydrogen (secondary N) is 1. The summed E-state index contributed by atoms with van der Waals surface area (Å²) in [4.78, 5) is 28.8. The van der Waals surface area contributed by atoms with Gasteiger partial charge in [-0.15, -0.1) is 0 Å². The second-order valence-corrected chi connectivity index (χ2v) is 6.99. The van der Waals surface area contributed by atoms with Crippen molar-refractivity contribution < 1.29 is 18.7 Å². The second kappa shape index (κ2) is 10.0. The smallest absolute Gasteiger partial charge is 0.263 e. The van der Waals surface area contributed by atoms with Crippen LogP contribution in [0.1, 0.15) is 13.3 Å². The largest absolute Gasteiger partial charge is 0.481 e. The number of para-hydroxylation sites is 1. The van der Waals surface area contributed by atoms with E-state index in [9.17, 15) is 14.0 Å². The Balaban J connectivity index is 1.46. The van der Waals surface area contributed by atoms with Crippen LogP contribution in [0.5, 0.6) is 5.75 Å². The molecule has 0 spiro atoms. The van der Waals surface area contributed by atoms with Crippen LogP contribution in [0.4, 0.5) is 10.1 Å². The van der Waals surface area contributed by atoms with Crippen LogP contribution in [0.25, 0.3) is 0 Å². The van der Waals surface area contributed by atoms with E-state index in [4.69, 9.17) is 4.74 Å². The predicted molar refractivity (Wildman–Crippen MR) is 109 cm³/mol. The Labute approximate surface area is 170 Å². The van der Waals surface area contributed by atoms with Crippen LogP contribution in [0.15, 0.2) is 54.6 Å². The van der Waals surface area contributed by atoms with Gasteiger partial charge in [0.05, 0.1) is 6.54 Å². The molecule has 154 valence electrons. The Morgan fingerprint density at radius 2 is 1.79 bits per heavy atom. The fraction of sp³-hybridized carbons (Fsp3) is 0.364. The van der Waals surface area contributed by atoms with Gasteiger partial charge in [0.15, 0.2) is 6.10 Å². The Bertz CT molecular complexity index is 823. The van der Waals surface area contributed by atoms with E-state index in [-0.39, 0.29) is 18.4 Å². The van der Waals surface area contributed by atoms with Gasteiger partial charge in [0.1, 0.15) is 11.6 Å². The SMILES string of the molecule is CC[C@H](Oc1ccccc1)C(=O)N1CCN(CC(=O)Nc2cccc(F)c2)CC1. The molecule has 1 N–H and O–H groups in total. The zero-order valence-corrected chi connectivity index (χ0v) is 16.5. The number of anilines is 1. The topological polar surface area (TPSA) is 61.9 Å². The summed E-state index contributed by atoms with van der Waals surface area (Å²) in [6.07, 6.45) is 0.0736. The molecule has 0 bridgehead atoms. The van der Waals surface area contributed by atoms with Crippen molar-refractivity contribution in [2.75, 3.05) is 38.0 Å². The van der Waals surface area contributed by atoms with Crippen molar-refractivity contribution in [1.82, 2.24) is 9.80 Å². The van der Waals surface area contributed by atoms with E-state index < -0.39 is 11.9 Å². The molecule has 29 heavy (non-hydrogen) atoms. The summed E-state index contributed by atoms with van der Waals surface area (Å²) in [5.41, 5.74) is 0.438. The number of carbonyl (C=O) groups is 2. The third-order valence-electron chi connectivity index (χ3n) is 4.83. The van der Waals surface area contributed by atoms with Crippen molar-refractivity contribution in [3.8, 4) is 5.75 Å². The molecule has 0 saturated carbocycles. The lowest BCUT2D eigenvalue weighted by Crippen LogP contribution is -2.53. The molecule has 6 nitrogen and oxygen atoms in total.